The Morgan fingerprint density at radius 2 is 1.55 bits per heavy atom. The lowest BCUT2D eigenvalue weighted by molar-refractivity contribution is 0.481. The number of hydrogen-bond acceptors (Lipinski definition) is 2. The minimum Gasteiger partial charge on any atom is -0.457 e. The van der Waals surface area contributed by atoms with Gasteiger partial charge in [0, 0.05) is 6.54 Å². The van der Waals surface area contributed by atoms with Crippen molar-refractivity contribution in [3.05, 3.63) is 58.7 Å². The van der Waals surface area contributed by atoms with E-state index in [4.69, 9.17) is 10.5 Å². The zero-order valence-electron chi connectivity index (χ0n) is 12.7. The summed E-state index contributed by atoms with van der Waals surface area (Å²) in [6, 6.07) is 12.3. The van der Waals surface area contributed by atoms with Crippen molar-refractivity contribution in [2.75, 3.05) is 0 Å². The van der Waals surface area contributed by atoms with E-state index in [1.807, 2.05) is 24.3 Å². The van der Waals surface area contributed by atoms with Crippen LogP contribution in [0.25, 0.3) is 0 Å². The first-order valence-electron chi connectivity index (χ1n) is 7.09. The van der Waals surface area contributed by atoms with Gasteiger partial charge in [-0.1, -0.05) is 26.0 Å². The van der Waals surface area contributed by atoms with E-state index in [2.05, 4.69) is 39.8 Å². The molecule has 0 aliphatic heterocycles. The second kappa shape index (κ2) is 6.10. The summed E-state index contributed by atoms with van der Waals surface area (Å²) in [7, 11) is 0. The van der Waals surface area contributed by atoms with Gasteiger partial charge in [-0.05, 0) is 66.3 Å². The Hall–Kier alpha value is -1.80. The maximum atomic E-state index is 5.93. The smallest absolute Gasteiger partial charge is 0.127 e. The third kappa shape index (κ3) is 3.20. The molecular formula is C18H23NO. The molecule has 2 aromatic carbocycles. The van der Waals surface area contributed by atoms with Crippen molar-refractivity contribution >= 4 is 0 Å². The molecule has 20 heavy (non-hydrogen) atoms. The van der Waals surface area contributed by atoms with E-state index in [9.17, 15) is 0 Å². The first kappa shape index (κ1) is 14.6. The number of hydrogen-bond donors (Lipinski definition) is 1. The second-order valence-corrected chi connectivity index (χ2v) is 5.57. The number of nitrogens with two attached hydrogens (primary N) is 1. The van der Waals surface area contributed by atoms with Gasteiger partial charge in [-0.15, -0.1) is 0 Å². The van der Waals surface area contributed by atoms with Gasteiger partial charge in [0.25, 0.3) is 0 Å². The fourth-order valence-corrected chi connectivity index (χ4v) is 2.46. The predicted molar refractivity (Wildman–Crippen MR) is 84.4 cm³/mol. The molecule has 0 spiro atoms. The molecule has 0 saturated heterocycles. The van der Waals surface area contributed by atoms with Gasteiger partial charge in [0.1, 0.15) is 11.5 Å². The summed E-state index contributed by atoms with van der Waals surface area (Å²) in [6.07, 6.45) is 0. The molecule has 0 saturated carbocycles. The van der Waals surface area contributed by atoms with Crippen LogP contribution in [0.5, 0.6) is 11.5 Å². The van der Waals surface area contributed by atoms with Crippen molar-refractivity contribution in [1.82, 2.24) is 0 Å². The lowest BCUT2D eigenvalue weighted by Gasteiger charge is -2.13. The Bertz CT molecular complexity index is 602. The van der Waals surface area contributed by atoms with E-state index in [1.165, 1.54) is 16.7 Å². The van der Waals surface area contributed by atoms with Crippen LogP contribution >= 0.6 is 0 Å². The number of benzene rings is 2. The van der Waals surface area contributed by atoms with E-state index in [-0.39, 0.29) is 0 Å². The van der Waals surface area contributed by atoms with E-state index >= 15 is 0 Å². The van der Waals surface area contributed by atoms with Crippen LogP contribution in [0.2, 0.25) is 0 Å². The summed E-state index contributed by atoms with van der Waals surface area (Å²) in [6.45, 7) is 9.16. The fourth-order valence-electron chi connectivity index (χ4n) is 2.46. The van der Waals surface area contributed by atoms with Gasteiger partial charge in [0.15, 0.2) is 0 Å². The van der Waals surface area contributed by atoms with Crippen molar-refractivity contribution in [3.63, 3.8) is 0 Å². The lowest BCUT2D eigenvalue weighted by Crippen LogP contribution is -1.99. The summed E-state index contributed by atoms with van der Waals surface area (Å²) in [5.74, 6) is 2.28. The molecule has 0 unspecified atom stereocenters. The van der Waals surface area contributed by atoms with Gasteiger partial charge < -0.3 is 10.5 Å². The number of rotatable bonds is 4. The second-order valence-electron chi connectivity index (χ2n) is 5.57. The molecule has 2 N–H and O–H groups in total. The molecule has 0 aromatic heterocycles. The summed E-state index contributed by atoms with van der Waals surface area (Å²) < 4.78 is 5.93. The quantitative estimate of drug-likeness (QED) is 0.874. The van der Waals surface area contributed by atoms with Crippen LogP contribution in [0.4, 0.5) is 0 Å². The van der Waals surface area contributed by atoms with Crippen molar-refractivity contribution in [2.45, 2.75) is 40.2 Å². The summed E-state index contributed by atoms with van der Waals surface area (Å²) >= 11 is 0. The Balaban J connectivity index is 2.22. The lowest BCUT2D eigenvalue weighted by atomic mass is 9.98. The third-order valence-electron chi connectivity index (χ3n) is 3.63. The van der Waals surface area contributed by atoms with Crippen molar-refractivity contribution in [1.29, 1.82) is 0 Å². The summed E-state index contributed by atoms with van der Waals surface area (Å²) in [4.78, 5) is 0. The molecule has 2 rings (SSSR count). The van der Waals surface area contributed by atoms with Crippen molar-refractivity contribution < 1.29 is 4.74 Å². The average molecular weight is 269 g/mol. The van der Waals surface area contributed by atoms with Crippen LogP contribution in [-0.4, -0.2) is 0 Å². The molecule has 0 aliphatic carbocycles. The highest BCUT2D eigenvalue weighted by Gasteiger charge is 2.06. The molecule has 2 heteroatoms. The fraction of sp³-hybridized carbons (Fsp3) is 0.333. The van der Waals surface area contributed by atoms with E-state index in [0.717, 1.165) is 17.1 Å². The van der Waals surface area contributed by atoms with E-state index in [0.29, 0.717) is 12.5 Å². The molecule has 0 amide bonds. The SMILES string of the molecule is Cc1cc(Oc2ccc(C(C)C)c(C)c2)ccc1CN. The van der Waals surface area contributed by atoms with E-state index < -0.39 is 0 Å². The molecule has 0 fully saturated rings. The molecule has 2 aromatic rings. The average Bonchev–Trinajstić information content (AvgIpc) is 2.38. The maximum Gasteiger partial charge on any atom is 0.127 e. The zero-order valence-corrected chi connectivity index (χ0v) is 12.7. The predicted octanol–water partition coefficient (Wildman–Crippen LogP) is 4.68. The largest absolute Gasteiger partial charge is 0.457 e. The standard InChI is InChI=1S/C18H23NO/c1-12(2)18-8-7-17(10-14(18)4)20-16-6-5-15(11-19)13(3)9-16/h5-10,12H,11,19H2,1-4H3. The summed E-state index contributed by atoms with van der Waals surface area (Å²) in [5, 5.41) is 0. The normalized spacial score (nSPS) is 10.9. The van der Waals surface area contributed by atoms with Crippen molar-refractivity contribution in [3.8, 4) is 11.5 Å². The Kier molecular flexibility index (Phi) is 4.46. The van der Waals surface area contributed by atoms with Crippen LogP contribution in [-0.2, 0) is 6.54 Å². The third-order valence-corrected chi connectivity index (χ3v) is 3.63. The van der Waals surface area contributed by atoms with Crippen molar-refractivity contribution in [2.24, 2.45) is 5.73 Å². The van der Waals surface area contributed by atoms with Gasteiger partial charge in [-0.2, -0.15) is 0 Å². The van der Waals surface area contributed by atoms with Gasteiger partial charge in [0.05, 0.1) is 0 Å². The van der Waals surface area contributed by atoms with Crippen LogP contribution in [0, 0.1) is 13.8 Å². The molecule has 106 valence electrons. The highest BCUT2D eigenvalue weighted by molar-refractivity contribution is 5.41. The van der Waals surface area contributed by atoms with E-state index in [1.54, 1.807) is 0 Å². The minimum absolute atomic E-state index is 0.537. The molecule has 0 atom stereocenters. The maximum absolute atomic E-state index is 5.93. The number of ether oxygens (including phenoxy) is 1. The number of aryl methyl sites for hydroxylation is 2. The molecule has 0 heterocycles. The first-order chi connectivity index (χ1) is 9.51. The first-order valence-corrected chi connectivity index (χ1v) is 7.09. The molecule has 0 aliphatic rings. The Morgan fingerprint density at radius 1 is 0.950 bits per heavy atom. The molecular weight excluding hydrogens is 246 g/mol. The van der Waals surface area contributed by atoms with Gasteiger partial charge in [-0.25, -0.2) is 0 Å². The van der Waals surface area contributed by atoms with Crippen LogP contribution in [0.3, 0.4) is 0 Å². The van der Waals surface area contributed by atoms with Crippen LogP contribution in [0.15, 0.2) is 36.4 Å². The molecule has 2 nitrogen and oxygen atoms in total. The topological polar surface area (TPSA) is 35.2 Å². The monoisotopic (exact) mass is 269 g/mol. The van der Waals surface area contributed by atoms with Gasteiger partial charge in [0.2, 0.25) is 0 Å². The molecule has 0 radical (unpaired) electrons. The Morgan fingerprint density at radius 3 is 2.05 bits per heavy atom. The highest BCUT2D eigenvalue weighted by Crippen LogP contribution is 2.28. The molecule has 0 bridgehead atoms. The summed E-state index contributed by atoms with van der Waals surface area (Å²) in [5.41, 5.74) is 10.6. The Labute approximate surface area is 121 Å². The van der Waals surface area contributed by atoms with Gasteiger partial charge in [-0.3, -0.25) is 0 Å². The highest BCUT2D eigenvalue weighted by atomic mass is 16.5. The van der Waals surface area contributed by atoms with Crippen LogP contribution in [0.1, 0.15) is 42.0 Å². The minimum atomic E-state index is 0.537. The van der Waals surface area contributed by atoms with Crippen LogP contribution < -0.4 is 10.5 Å². The zero-order chi connectivity index (χ0) is 14.7. The van der Waals surface area contributed by atoms with Gasteiger partial charge >= 0.3 is 0 Å².